The van der Waals surface area contributed by atoms with Crippen molar-refractivity contribution in [1.82, 2.24) is 19.8 Å². The van der Waals surface area contributed by atoms with Crippen molar-refractivity contribution in [2.75, 3.05) is 26.2 Å². The lowest BCUT2D eigenvalue weighted by Gasteiger charge is -2.21. The van der Waals surface area contributed by atoms with Crippen LogP contribution >= 0.6 is 0 Å². The number of aromatic nitrogens is 2. The molecule has 4 rings (SSSR count). The molecular formula is C18H24N4O. The lowest BCUT2D eigenvalue weighted by atomic mass is 9.96. The van der Waals surface area contributed by atoms with Crippen molar-refractivity contribution in [3.63, 3.8) is 0 Å². The summed E-state index contributed by atoms with van der Waals surface area (Å²) in [6.45, 7) is 4.33. The number of likely N-dealkylation sites (tertiary alicyclic amines) is 1. The van der Waals surface area contributed by atoms with Gasteiger partial charge in [0.15, 0.2) is 0 Å². The van der Waals surface area contributed by atoms with Crippen LogP contribution in [0.4, 0.5) is 0 Å². The number of carbonyl (C=O) groups is 1. The van der Waals surface area contributed by atoms with Gasteiger partial charge in [0.05, 0.1) is 0 Å². The van der Waals surface area contributed by atoms with E-state index in [4.69, 9.17) is 4.98 Å². The molecule has 5 heteroatoms. The van der Waals surface area contributed by atoms with Gasteiger partial charge in [-0.2, -0.15) is 0 Å². The lowest BCUT2D eigenvalue weighted by Crippen LogP contribution is -2.31. The molecule has 0 unspecified atom stereocenters. The van der Waals surface area contributed by atoms with Crippen LogP contribution in [-0.2, 0) is 11.3 Å². The Kier molecular flexibility index (Phi) is 4.04. The van der Waals surface area contributed by atoms with Crippen LogP contribution in [0.2, 0.25) is 0 Å². The van der Waals surface area contributed by atoms with E-state index in [1.807, 2.05) is 21.7 Å². The van der Waals surface area contributed by atoms with Gasteiger partial charge in [-0.25, -0.2) is 4.98 Å². The molecule has 0 aromatic heterocycles. The van der Waals surface area contributed by atoms with E-state index in [0.29, 0.717) is 12.5 Å². The highest BCUT2D eigenvalue weighted by molar-refractivity contribution is 5.77. The predicted octanol–water partition coefficient (Wildman–Crippen LogP) is 2.08. The summed E-state index contributed by atoms with van der Waals surface area (Å²) in [5, 5.41) is 3.45. The first-order chi connectivity index (χ1) is 11.3. The minimum atomic E-state index is 0.212. The Balaban J connectivity index is 1.57. The van der Waals surface area contributed by atoms with Crippen LogP contribution in [0.1, 0.15) is 37.3 Å². The molecule has 0 aromatic carbocycles. The molecule has 23 heavy (non-hydrogen) atoms. The van der Waals surface area contributed by atoms with Gasteiger partial charge in [-0.1, -0.05) is 0 Å². The average molecular weight is 312 g/mol. The van der Waals surface area contributed by atoms with E-state index in [-0.39, 0.29) is 5.91 Å². The Labute approximate surface area is 137 Å². The molecular weight excluding hydrogens is 288 g/mol. The molecule has 2 fully saturated rings. The third-order valence-corrected chi connectivity index (χ3v) is 5.09. The number of hydrogen-bond acceptors (Lipinski definition) is 3. The van der Waals surface area contributed by atoms with E-state index in [9.17, 15) is 4.79 Å². The Morgan fingerprint density at radius 1 is 1.30 bits per heavy atom. The maximum Gasteiger partial charge on any atom is 0.242 e. The fourth-order valence-electron chi connectivity index (χ4n) is 3.77. The van der Waals surface area contributed by atoms with E-state index in [0.717, 1.165) is 50.4 Å². The van der Waals surface area contributed by atoms with Crippen molar-refractivity contribution in [3.05, 3.63) is 30.1 Å². The fourth-order valence-corrected chi connectivity index (χ4v) is 3.77. The second-order valence-corrected chi connectivity index (χ2v) is 6.73. The minimum absolute atomic E-state index is 0.212. The summed E-state index contributed by atoms with van der Waals surface area (Å²) in [6.07, 6.45) is 6.65. The molecule has 1 N–H and O–H groups in total. The fraction of sp³-hybridized carbons (Fsp3) is 0.556. The third kappa shape index (κ3) is 2.98. The zero-order chi connectivity index (χ0) is 15.6. The Morgan fingerprint density at radius 2 is 2.17 bits per heavy atom. The Morgan fingerprint density at radius 3 is 2.96 bits per heavy atom. The number of fused-ring (bicyclic) bond motifs is 1. The molecule has 0 saturated carbocycles. The summed E-state index contributed by atoms with van der Waals surface area (Å²) in [7, 11) is 0. The molecule has 0 bridgehead atoms. The van der Waals surface area contributed by atoms with Gasteiger partial charge < -0.3 is 14.8 Å². The van der Waals surface area contributed by atoms with Crippen molar-refractivity contribution in [2.24, 2.45) is 0 Å². The molecule has 122 valence electrons. The Hall–Kier alpha value is -1.88. The number of nitrogens with zero attached hydrogens (tertiary/aromatic N) is 3. The third-order valence-electron chi connectivity index (χ3n) is 5.09. The van der Waals surface area contributed by atoms with Gasteiger partial charge in [0.1, 0.15) is 12.4 Å². The molecule has 4 aliphatic heterocycles. The second-order valence-electron chi connectivity index (χ2n) is 6.73. The first kappa shape index (κ1) is 14.7. The maximum absolute atomic E-state index is 12.4. The SMILES string of the molecule is O=C(Cn1cccc2cc([C@H]3CCCNC3)nc1-2)N1CCCC1. The summed E-state index contributed by atoms with van der Waals surface area (Å²) >= 11 is 0. The topological polar surface area (TPSA) is 50.2 Å². The number of amides is 1. The van der Waals surface area contributed by atoms with E-state index in [2.05, 4.69) is 17.4 Å². The quantitative estimate of drug-likeness (QED) is 0.944. The maximum atomic E-state index is 12.4. The highest BCUT2D eigenvalue weighted by Crippen LogP contribution is 2.29. The van der Waals surface area contributed by atoms with E-state index in [1.165, 1.54) is 18.5 Å². The van der Waals surface area contributed by atoms with Crippen molar-refractivity contribution in [2.45, 2.75) is 38.1 Å². The zero-order valence-electron chi connectivity index (χ0n) is 13.5. The molecule has 0 radical (unpaired) electrons. The summed E-state index contributed by atoms with van der Waals surface area (Å²) in [6, 6.07) is 6.31. The van der Waals surface area contributed by atoms with Gasteiger partial charge in [0.25, 0.3) is 0 Å². The molecule has 4 heterocycles. The van der Waals surface area contributed by atoms with Crippen LogP contribution in [0.3, 0.4) is 0 Å². The zero-order valence-corrected chi connectivity index (χ0v) is 13.5. The predicted molar refractivity (Wildman–Crippen MR) is 89.5 cm³/mol. The van der Waals surface area contributed by atoms with Crippen LogP contribution in [0.25, 0.3) is 11.4 Å². The largest absolute Gasteiger partial charge is 0.341 e. The number of nitrogens with one attached hydrogen (secondary N) is 1. The first-order valence-corrected chi connectivity index (χ1v) is 8.75. The summed E-state index contributed by atoms with van der Waals surface area (Å²) in [5.41, 5.74) is 2.31. The number of hydrogen-bond donors (Lipinski definition) is 1. The molecule has 0 aliphatic carbocycles. The van der Waals surface area contributed by atoms with Crippen LogP contribution < -0.4 is 5.32 Å². The number of rotatable bonds is 3. The molecule has 2 saturated heterocycles. The smallest absolute Gasteiger partial charge is 0.242 e. The molecule has 1 amide bonds. The normalized spacial score (nSPS) is 21.9. The van der Waals surface area contributed by atoms with E-state index < -0.39 is 0 Å². The molecule has 0 spiro atoms. The minimum Gasteiger partial charge on any atom is -0.341 e. The van der Waals surface area contributed by atoms with E-state index >= 15 is 0 Å². The highest BCUT2D eigenvalue weighted by atomic mass is 16.2. The lowest BCUT2D eigenvalue weighted by molar-refractivity contribution is -0.130. The number of pyridine rings is 1. The summed E-state index contributed by atoms with van der Waals surface area (Å²) < 4.78 is 2.01. The van der Waals surface area contributed by atoms with Gasteiger partial charge in [0, 0.05) is 43.0 Å². The van der Waals surface area contributed by atoms with E-state index in [1.54, 1.807) is 0 Å². The average Bonchev–Trinajstić information content (AvgIpc) is 3.26. The first-order valence-electron chi connectivity index (χ1n) is 8.75. The Bertz CT molecular complexity index is 653. The molecule has 1 atom stereocenters. The second kappa shape index (κ2) is 6.32. The van der Waals surface area contributed by atoms with Crippen molar-refractivity contribution >= 4 is 5.91 Å². The summed E-state index contributed by atoms with van der Waals surface area (Å²) in [5.74, 6) is 1.66. The summed E-state index contributed by atoms with van der Waals surface area (Å²) in [4.78, 5) is 19.3. The van der Waals surface area contributed by atoms with Gasteiger partial charge >= 0.3 is 0 Å². The van der Waals surface area contributed by atoms with Crippen LogP contribution in [0.15, 0.2) is 24.4 Å². The van der Waals surface area contributed by atoms with Crippen LogP contribution in [0, 0.1) is 0 Å². The standard InChI is InChI=1S/C18H24N4O/c23-17(21-8-1-2-9-21)13-22-10-4-6-14-11-16(20-18(14)22)15-5-3-7-19-12-15/h4,6,10-11,15,19H,1-3,5,7-9,12-13H2/t15-/m0/s1. The van der Waals surface area contributed by atoms with Gasteiger partial charge in [0.2, 0.25) is 5.91 Å². The van der Waals surface area contributed by atoms with Crippen molar-refractivity contribution < 1.29 is 4.79 Å². The molecule has 5 nitrogen and oxygen atoms in total. The van der Waals surface area contributed by atoms with Crippen LogP contribution in [0.5, 0.6) is 0 Å². The molecule has 4 aliphatic rings. The van der Waals surface area contributed by atoms with Crippen LogP contribution in [-0.4, -0.2) is 46.5 Å². The monoisotopic (exact) mass is 312 g/mol. The van der Waals surface area contributed by atoms with Gasteiger partial charge in [-0.3, -0.25) is 4.79 Å². The van der Waals surface area contributed by atoms with Gasteiger partial charge in [-0.05, 0) is 50.4 Å². The van der Waals surface area contributed by atoms with Crippen molar-refractivity contribution in [3.8, 4) is 11.4 Å². The number of piperidine rings is 1. The van der Waals surface area contributed by atoms with Gasteiger partial charge in [-0.15, -0.1) is 0 Å². The highest BCUT2D eigenvalue weighted by Gasteiger charge is 2.23. The number of carbonyl (C=O) groups excluding carboxylic acids is 1. The van der Waals surface area contributed by atoms with Crippen molar-refractivity contribution in [1.29, 1.82) is 0 Å². The molecule has 0 aromatic rings.